The molecule has 0 saturated heterocycles. The molecule has 4 nitrogen and oxygen atoms in total. The van der Waals surface area contributed by atoms with E-state index in [4.69, 9.17) is 4.74 Å². The molecule has 0 amide bonds. The summed E-state index contributed by atoms with van der Waals surface area (Å²) in [4.78, 5) is 11.6. The SMILES string of the molecule is CCC(CCCOc1cccc(C)c1)(NC(C)C)C(=O)O. The first-order valence-electron chi connectivity index (χ1n) is 7.60. The van der Waals surface area contributed by atoms with Crippen molar-refractivity contribution >= 4 is 5.97 Å². The van der Waals surface area contributed by atoms with Crippen molar-refractivity contribution in [2.24, 2.45) is 0 Å². The average Bonchev–Trinajstić information content (AvgIpc) is 2.41. The molecule has 0 heterocycles. The number of carboxylic acid groups (broad SMARTS) is 1. The van der Waals surface area contributed by atoms with Crippen LogP contribution in [0.2, 0.25) is 0 Å². The molecule has 2 N–H and O–H groups in total. The zero-order valence-electron chi connectivity index (χ0n) is 13.5. The summed E-state index contributed by atoms with van der Waals surface area (Å²) < 4.78 is 5.69. The smallest absolute Gasteiger partial charge is 0.323 e. The van der Waals surface area contributed by atoms with Crippen LogP contribution in [0.1, 0.15) is 45.6 Å². The predicted molar refractivity (Wildman–Crippen MR) is 84.8 cm³/mol. The van der Waals surface area contributed by atoms with E-state index in [0.29, 0.717) is 25.9 Å². The molecule has 0 bridgehead atoms. The molecule has 1 unspecified atom stereocenters. The Bertz CT molecular complexity index is 459. The molecule has 0 radical (unpaired) electrons. The van der Waals surface area contributed by atoms with E-state index in [2.05, 4.69) is 5.32 Å². The van der Waals surface area contributed by atoms with Crippen LogP contribution in [-0.4, -0.2) is 29.3 Å². The van der Waals surface area contributed by atoms with Crippen LogP contribution < -0.4 is 10.1 Å². The summed E-state index contributed by atoms with van der Waals surface area (Å²) in [6.07, 6.45) is 1.82. The fourth-order valence-corrected chi connectivity index (χ4v) is 2.49. The Labute approximate surface area is 127 Å². The largest absolute Gasteiger partial charge is 0.494 e. The maximum Gasteiger partial charge on any atom is 0.323 e. The highest BCUT2D eigenvalue weighted by atomic mass is 16.5. The highest BCUT2D eigenvalue weighted by Gasteiger charge is 2.36. The Morgan fingerprint density at radius 1 is 1.43 bits per heavy atom. The molecule has 0 aliphatic carbocycles. The minimum Gasteiger partial charge on any atom is -0.494 e. The molecule has 0 fully saturated rings. The predicted octanol–water partition coefficient (Wildman–Crippen LogP) is 3.39. The summed E-state index contributed by atoms with van der Waals surface area (Å²) in [7, 11) is 0. The Morgan fingerprint density at radius 2 is 2.14 bits per heavy atom. The molecule has 0 spiro atoms. The van der Waals surface area contributed by atoms with Crippen LogP contribution in [0.5, 0.6) is 5.75 Å². The minimum absolute atomic E-state index is 0.138. The van der Waals surface area contributed by atoms with Crippen molar-refractivity contribution in [1.82, 2.24) is 5.32 Å². The van der Waals surface area contributed by atoms with Gasteiger partial charge in [0.2, 0.25) is 0 Å². The number of aryl methyl sites for hydroxylation is 1. The molecule has 1 aromatic carbocycles. The van der Waals surface area contributed by atoms with Crippen molar-refractivity contribution in [2.75, 3.05) is 6.61 Å². The Hall–Kier alpha value is -1.55. The van der Waals surface area contributed by atoms with Crippen molar-refractivity contribution in [3.8, 4) is 5.75 Å². The van der Waals surface area contributed by atoms with Gasteiger partial charge in [0.25, 0.3) is 0 Å². The lowest BCUT2D eigenvalue weighted by Crippen LogP contribution is -2.54. The number of carbonyl (C=O) groups is 1. The third-order valence-corrected chi connectivity index (χ3v) is 3.58. The van der Waals surface area contributed by atoms with E-state index in [1.54, 1.807) is 0 Å². The summed E-state index contributed by atoms with van der Waals surface area (Å²) in [5.74, 6) is 0.0542. The number of benzene rings is 1. The van der Waals surface area contributed by atoms with Gasteiger partial charge < -0.3 is 9.84 Å². The molecule has 1 rings (SSSR count). The molecule has 1 atom stereocenters. The van der Waals surface area contributed by atoms with E-state index < -0.39 is 11.5 Å². The van der Waals surface area contributed by atoms with Gasteiger partial charge >= 0.3 is 5.97 Å². The minimum atomic E-state index is -0.857. The number of ether oxygens (including phenoxy) is 1. The quantitative estimate of drug-likeness (QED) is 0.685. The molecule has 0 aliphatic heterocycles. The lowest BCUT2D eigenvalue weighted by atomic mass is 9.89. The van der Waals surface area contributed by atoms with Gasteiger partial charge in [-0.2, -0.15) is 0 Å². The molecule has 118 valence electrons. The van der Waals surface area contributed by atoms with Crippen LogP contribution in [0.3, 0.4) is 0 Å². The Morgan fingerprint density at radius 3 is 2.67 bits per heavy atom. The number of rotatable bonds is 9. The topological polar surface area (TPSA) is 58.6 Å². The Balaban J connectivity index is 2.52. The zero-order valence-corrected chi connectivity index (χ0v) is 13.5. The molecular formula is C17H27NO3. The molecule has 21 heavy (non-hydrogen) atoms. The molecule has 1 aromatic rings. The van der Waals surface area contributed by atoms with Gasteiger partial charge in [0.05, 0.1) is 6.61 Å². The lowest BCUT2D eigenvalue weighted by Gasteiger charge is -2.31. The van der Waals surface area contributed by atoms with Crippen molar-refractivity contribution in [3.05, 3.63) is 29.8 Å². The van der Waals surface area contributed by atoms with Crippen LogP contribution >= 0.6 is 0 Å². The van der Waals surface area contributed by atoms with Crippen LogP contribution in [0.4, 0.5) is 0 Å². The van der Waals surface area contributed by atoms with Crippen molar-refractivity contribution in [1.29, 1.82) is 0 Å². The lowest BCUT2D eigenvalue weighted by molar-refractivity contribution is -0.145. The van der Waals surface area contributed by atoms with Crippen LogP contribution in [0.15, 0.2) is 24.3 Å². The number of hydrogen-bond acceptors (Lipinski definition) is 3. The van der Waals surface area contributed by atoms with E-state index in [9.17, 15) is 9.90 Å². The van der Waals surface area contributed by atoms with E-state index in [1.807, 2.05) is 52.0 Å². The second-order valence-corrected chi connectivity index (χ2v) is 5.81. The standard InChI is InChI=1S/C17H27NO3/c1-5-17(16(19)20,18-13(2)3)10-7-11-21-15-9-6-8-14(4)12-15/h6,8-9,12-13,18H,5,7,10-11H2,1-4H3,(H,19,20). The van der Waals surface area contributed by atoms with Gasteiger partial charge in [-0.15, -0.1) is 0 Å². The zero-order chi connectivity index (χ0) is 15.9. The van der Waals surface area contributed by atoms with Gasteiger partial charge in [0.1, 0.15) is 11.3 Å². The molecule has 4 heteroatoms. The van der Waals surface area contributed by atoms with Crippen LogP contribution in [0.25, 0.3) is 0 Å². The summed E-state index contributed by atoms with van der Waals surface area (Å²) in [5.41, 5.74) is 0.298. The fraction of sp³-hybridized carbons (Fsp3) is 0.588. The molecule has 0 aromatic heterocycles. The molecule has 0 saturated carbocycles. The normalized spacial score (nSPS) is 14.0. The van der Waals surface area contributed by atoms with E-state index in [-0.39, 0.29) is 6.04 Å². The number of hydrogen-bond donors (Lipinski definition) is 2. The van der Waals surface area contributed by atoms with Crippen LogP contribution in [-0.2, 0) is 4.79 Å². The Kier molecular flexibility index (Phi) is 6.69. The first-order valence-corrected chi connectivity index (χ1v) is 7.60. The van der Waals surface area contributed by atoms with Crippen molar-refractivity contribution in [3.63, 3.8) is 0 Å². The van der Waals surface area contributed by atoms with E-state index >= 15 is 0 Å². The number of nitrogens with one attached hydrogen (secondary N) is 1. The second kappa shape index (κ2) is 8.03. The summed E-state index contributed by atoms with van der Waals surface area (Å²) in [6, 6.07) is 8.02. The van der Waals surface area contributed by atoms with Gasteiger partial charge in [-0.3, -0.25) is 10.1 Å². The fourth-order valence-electron chi connectivity index (χ4n) is 2.49. The van der Waals surface area contributed by atoms with Gasteiger partial charge in [0.15, 0.2) is 0 Å². The number of carboxylic acids is 1. The van der Waals surface area contributed by atoms with Gasteiger partial charge in [0, 0.05) is 6.04 Å². The maximum atomic E-state index is 11.6. The molecule has 0 aliphatic rings. The number of aliphatic carboxylic acids is 1. The van der Waals surface area contributed by atoms with Crippen LogP contribution in [0, 0.1) is 6.92 Å². The monoisotopic (exact) mass is 293 g/mol. The second-order valence-electron chi connectivity index (χ2n) is 5.81. The van der Waals surface area contributed by atoms with Gasteiger partial charge in [-0.05, 0) is 57.7 Å². The summed E-state index contributed by atoms with van der Waals surface area (Å²) in [6.45, 7) is 8.39. The first kappa shape index (κ1) is 17.5. The maximum absolute atomic E-state index is 11.6. The third kappa shape index (κ3) is 5.38. The summed E-state index contributed by atoms with van der Waals surface area (Å²) in [5, 5.41) is 12.7. The molecular weight excluding hydrogens is 266 g/mol. The average molecular weight is 293 g/mol. The van der Waals surface area contributed by atoms with Gasteiger partial charge in [-0.1, -0.05) is 19.1 Å². The first-order chi connectivity index (χ1) is 9.89. The van der Waals surface area contributed by atoms with E-state index in [0.717, 1.165) is 11.3 Å². The van der Waals surface area contributed by atoms with Crippen molar-refractivity contribution in [2.45, 2.75) is 58.5 Å². The summed E-state index contributed by atoms with van der Waals surface area (Å²) >= 11 is 0. The highest BCUT2D eigenvalue weighted by Crippen LogP contribution is 2.20. The third-order valence-electron chi connectivity index (χ3n) is 3.58. The van der Waals surface area contributed by atoms with Gasteiger partial charge in [-0.25, -0.2) is 0 Å². The van der Waals surface area contributed by atoms with Crippen molar-refractivity contribution < 1.29 is 14.6 Å². The highest BCUT2D eigenvalue weighted by molar-refractivity contribution is 5.78. The van der Waals surface area contributed by atoms with E-state index in [1.165, 1.54) is 0 Å².